The van der Waals surface area contributed by atoms with Crippen molar-refractivity contribution in [3.8, 4) is 34.6 Å². The van der Waals surface area contributed by atoms with Crippen molar-refractivity contribution in [2.24, 2.45) is 0 Å². The molecule has 1 N–H and O–H groups in total. The van der Waals surface area contributed by atoms with E-state index in [0.717, 1.165) is 3.57 Å². The van der Waals surface area contributed by atoms with Crippen LogP contribution in [-0.2, 0) is 0 Å². The molecule has 8 heteroatoms. The lowest BCUT2D eigenvalue weighted by molar-refractivity contribution is 0.397. The van der Waals surface area contributed by atoms with E-state index < -0.39 is 0 Å². The highest BCUT2D eigenvalue weighted by Crippen LogP contribution is 2.30. The second kappa shape index (κ2) is 5.64. The fourth-order valence-electron chi connectivity index (χ4n) is 1.69. The average molecular weight is 396 g/mol. The van der Waals surface area contributed by atoms with Crippen LogP contribution in [0.1, 0.15) is 0 Å². The topological polar surface area (TPSA) is 94.2 Å². The highest BCUT2D eigenvalue weighted by Gasteiger charge is 2.15. The number of phenolic OH excluding ortho intramolecular Hbond substituents is 1. The van der Waals surface area contributed by atoms with E-state index in [1.807, 2.05) is 0 Å². The molecule has 0 aliphatic heterocycles. The van der Waals surface area contributed by atoms with Crippen molar-refractivity contribution >= 4 is 22.6 Å². The first-order valence-corrected chi connectivity index (χ1v) is 6.94. The predicted molar refractivity (Wildman–Crippen MR) is 81.7 cm³/mol. The number of hydrogen-bond acceptors (Lipinski definition) is 7. The second-order valence-electron chi connectivity index (χ2n) is 4.03. The number of phenols is 1. The summed E-state index contributed by atoms with van der Waals surface area (Å²) in [5, 5.41) is 13.7. The van der Waals surface area contributed by atoms with E-state index in [1.54, 1.807) is 24.3 Å². The van der Waals surface area contributed by atoms with Gasteiger partial charge in [0.25, 0.3) is 5.89 Å². The molecule has 3 aromatic rings. The van der Waals surface area contributed by atoms with Crippen LogP contribution in [0.4, 0.5) is 0 Å². The van der Waals surface area contributed by atoms with Gasteiger partial charge in [-0.2, -0.15) is 4.98 Å². The van der Waals surface area contributed by atoms with Crippen molar-refractivity contribution in [2.45, 2.75) is 0 Å². The Morgan fingerprint density at radius 2 is 2.10 bits per heavy atom. The van der Waals surface area contributed by atoms with Gasteiger partial charge in [-0.15, -0.1) is 0 Å². The van der Waals surface area contributed by atoms with Gasteiger partial charge in [0.05, 0.1) is 12.7 Å². The fourth-order valence-corrected chi connectivity index (χ4v) is 2.18. The van der Waals surface area contributed by atoms with Crippen LogP contribution in [0.5, 0.6) is 11.6 Å². The Hall–Kier alpha value is -2.23. The highest BCUT2D eigenvalue weighted by atomic mass is 127. The van der Waals surface area contributed by atoms with Crippen LogP contribution in [0.2, 0.25) is 0 Å². The molecule has 0 radical (unpaired) electrons. The molecular weight excluding hydrogens is 387 g/mol. The fraction of sp³-hybridized carbons (Fsp3) is 0.0769. The maximum absolute atomic E-state index is 9.87. The minimum Gasteiger partial charge on any atom is -0.507 e. The van der Waals surface area contributed by atoms with Crippen LogP contribution in [0.3, 0.4) is 0 Å². The minimum atomic E-state index is 0.0749. The lowest BCUT2D eigenvalue weighted by atomic mass is 10.2. The molecule has 0 amide bonds. The van der Waals surface area contributed by atoms with Crippen LogP contribution in [0, 0.1) is 3.57 Å². The van der Waals surface area contributed by atoms with Crippen LogP contribution < -0.4 is 4.74 Å². The lowest BCUT2D eigenvalue weighted by Gasteiger charge is -1.99. The lowest BCUT2D eigenvalue weighted by Crippen LogP contribution is -1.91. The van der Waals surface area contributed by atoms with E-state index in [0.29, 0.717) is 23.0 Å². The average Bonchev–Trinajstić information content (AvgIpc) is 2.99. The zero-order valence-electron chi connectivity index (χ0n) is 10.8. The molecule has 3 rings (SSSR count). The number of nitrogens with zero attached hydrogens (tertiary/aromatic N) is 4. The third-order valence-electron chi connectivity index (χ3n) is 2.70. The Kier molecular flexibility index (Phi) is 3.69. The molecule has 106 valence electrons. The van der Waals surface area contributed by atoms with E-state index in [9.17, 15) is 5.11 Å². The summed E-state index contributed by atoms with van der Waals surface area (Å²) in [5.74, 6) is 0.997. The first kappa shape index (κ1) is 13.7. The molecule has 7 nitrogen and oxygen atoms in total. The van der Waals surface area contributed by atoms with Crippen molar-refractivity contribution in [1.29, 1.82) is 0 Å². The highest BCUT2D eigenvalue weighted by molar-refractivity contribution is 14.1. The molecule has 0 atom stereocenters. The largest absolute Gasteiger partial charge is 0.507 e. The summed E-state index contributed by atoms with van der Waals surface area (Å²) < 4.78 is 11.2. The van der Waals surface area contributed by atoms with Gasteiger partial charge in [-0.05, 0) is 40.8 Å². The zero-order valence-corrected chi connectivity index (χ0v) is 13.0. The van der Waals surface area contributed by atoms with Gasteiger partial charge >= 0.3 is 0 Å². The van der Waals surface area contributed by atoms with Gasteiger partial charge in [-0.1, -0.05) is 5.16 Å². The molecule has 2 aromatic heterocycles. The Morgan fingerprint density at radius 1 is 1.24 bits per heavy atom. The van der Waals surface area contributed by atoms with Gasteiger partial charge in [-0.3, -0.25) is 0 Å². The molecule has 21 heavy (non-hydrogen) atoms. The Morgan fingerprint density at radius 3 is 2.90 bits per heavy atom. The van der Waals surface area contributed by atoms with Crippen molar-refractivity contribution in [3.63, 3.8) is 0 Å². The molecule has 0 bridgehead atoms. The van der Waals surface area contributed by atoms with Gasteiger partial charge in [0.2, 0.25) is 11.7 Å². The van der Waals surface area contributed by atoms with E-state index in [4.69, 9.17) is 9.26 Å². The normalized spacial score (nSPS) is 10.6. The monoisotopic (exact) mass is 396 g/mol. The van der Waals surface area contributed by atoms with E-state index in [-0.39, 0.29) is 11.6 Å². The summed E-state index contributed by atoms with van der Waals surface area (Å²) in [7, 11) is 1.51. The maximum Gasteiger partial charge on any atom is 0.262 e. The molecule has 0 fully saturated rings. The Bertz CT molecular complexity index is 791. The maximum atomic E-state index is 9.87. The number of ether oxygens (including phenoxy) is 1. The Balaban J connectivity index is 2.01. The van der Waals surface area contributed by atoms with Crippen LogP contribution in [0.15, 0.2) is 35.1 Å². The number of benzene rings is 1. The summed E-state index contributed by atoms with van der Waals surface area (Å²) in [5.41, 5.74) is 0.948. The van der Waals surface area contributed by atoms with Crippen LogP contribution in [-0.4, -0.2) is 32.3 Å². The molecule has 0 saturated carbocycles. The van der Waals surface area contributed by atoms with Gasteiger partial charge in [0.15, 0.2) is 0 Å². The summed E-state index contributed by atoms with van der Waals surface area (Å²) in [6, 6.07) is 6.72. The molecule has 0 aliphatic carbocycles. The third kappa shape index (κ3) is 2.79. The van der Waals surface area contributed by atoms with Crippen molar-refractivity contribution in [2.75, 3.05) is 7.11 Å². The zero-order chi connectivity index (χ0) is 14.8. The number of aromatic hydroxyl groups is 1. The van der Waals surface area contributed by atoms with Crippen molar-refractivity contribution < 1.29 is 14.4 Å². The van der Waals surface area contributed by atoms with Gasteiger partial charge in [-0.25, -0.2) is 9.97 Å². The van der Waals surface area contributed by atoms with Gasteiger partial charge in [0.1, 0.15) is 17.8 Å². The molecule has 1 aromatic carbocycles. The first-order valence-electron chi connectivity index (χ1n) is 5.86. The minimum absolute atomic E-state index is 0.0749. The standard InChI is InChI=1S/C13H9IN4O3/c1-20-11-5-9(15-6-16-11)12-17-13(21-18-12)8-4-7(14)2-3-10(8)19/h2-6,19H,1H3. The number of halogens is 1. The smallest absolute Gasteiger partial charge is 0.262 e. The van der Waals surface area contributed by atoms with Crippen LogP contribution in [0.25, 0.3) is 23.0 Å². The SMILES string of the molecule is COc1cc(-c2noc(-c3cc(I)ccc3O)n2)ncn1. The van der Waals surface area contributed by atoms with Crippen LogP contribution >= 0.6 is 22.6 Å². The van der Waals surface area contributed by atoms with E-state index in [1.165, 1.54) is 13.4 Å². The number of rotatable bonds is 3. The number of hydrogen-bond donors (Lipinski definition) is 1. The second-order valence-corrected chi connectivity index (χ2v) is 5.28. The summed E-state index contributed by atoms with van der Waals surface area (Å²) in [6.07, 6.45) is 1.35. The van der Waals surface area contributed by atoms with E-state index >= 15 is 0 Å². The van der Waals surface area contributed by atoms with E-state index in [2.05, 4.69) is 42.7 Å². The molecule has 0 spiro atoms. The Labute approximate surface area is 133 Å². The van der Waals surface area contributed by atoms with Gasteiger partial charge in [0, 0.05) is 9.64 Å². The van der Waals surface area contributed by atoms with Crippen molar-refractivity contribution in [1.82, 2.24) is 20.1 Å². The summed E-state index contributed by atoms with van der Waals surface area (Å²) in [6.45, 7) is 0. The summed E-state index contributed by atoms with van der Waals surface area (Å²) in [4.78, 5) is 12.2. The molecule has 0 saturated heterocycles. The molecule has 2 heterocycles. The number of methoxy groups -OCH3 is 1. The third-order valence-corrected chi connectivity index (χ3v) is 3.37. The molecule has 0 unspecified atom stereocenters. The van der Waals surface area contributed by atoms with Crippen molar-refractivity contribution in [3.05, 3.63) is 34.2 Å². The molecular formula is C13H9IN4O3. The van der Waals surface area contributed by atoms with Gasteiger partial charge < -0.3 is 14.4 Å². The summed E-state index contributed by atoms with van der Waals surface area (Å²) >= 11 is 2.14. The first-order chi connectivity index (χ1) is 10.2. The number of aromatic nitrogens is 4. The quantitative estimate of drug-likeness (QED) is 0.680. The molecule has 0 aliphatic rings. The predicted octanol–water partition coefficient (Wildman–Crippen LogP) is 2.51.